The largest absolute Gasteiger partial charge is 0.490 e. The molecule has 0 fully saturated rings. The first-order valence-electron chi connectivity index (χ1n) is 8.11. The smallest absolute Gasteiger partial charge is 0.303 e. The molecule has 4 heteroatoms. The molecule has 0 radical (unpaired) electrons. The lowest BCUT2D eigenvalue weighted by molar-refractivity contribution is -0.136. The van der Waals surface area contributed by atoms with Crippen LogP contribution in [-0.4, -0.2) is 24.3 Å². The minimum absolute atomic E-state index is 0.0958. The number of para-hydroxylation sites is 1. The highest BCUT2D eigenvalue weighted by molar-refractivity contribution is 5.67. The zero-order chi connectivity index (χ0) is 17.5. The fraction of sp³-hybridized carbons (Fsp3) is 0.350. The number of aryl methyl sites for hydroxylation is 3. The normalized spacial score (nSPS) is 10.5. The van der Waals surface area contributed by atoms with Crippen LogP contribution in [0, 0.1) is 20.8 Å². The highest BCUT2D eigenvalue weighted by Crippen LogP contribution is 2.26. The molecule has 0 aliphatic carbocycles. The Hall–Kier alpha value is -2.49. The molecular formula is C20H24O4. The predicted octanol–water partition coefficient (Wildman–Crippen LogP) is 4.09. The molecule has 0 aromatic heterocycles. The number of rotatable bonds is 8. The van der Waals surface area contributed by atoms with Gasteiger partial charge < -0.3 is 14.6 Å². The van der Waals surface area contributed by atoms with Crippen molar-refractivity contribution in [3.05, 3.63) is 58.7 Å². The van der Waals surface area contributed by atoms with Crippen molar-refractivity contribution in [1.29, 1.82) is 0 Å². The van der Waals surface area contributed by atoms with Gasteiger partial charge in [0.2, 0.25) is 0 Å². The molecule has 4 nitrogen and oxygen atoms in total. The van der Waals surface area contributed by atoms with Crippen LogP contribution in [0.1, 0.15) is 28.7 Å². The minimum atomic E-state index is -0.807. The van der Waals surface area contributed by atoms with Gasteiger partial charge in [0.25, 0.3) is 0 Å². The quantitative estimate of drug-likeness (QED) is 0.742. The van der Waals surface area contributed by atoms with E-state index in [1.54, 1.807) is 0 Å². The van der Waals surface area contributed by atoms with Crippen molar-refractivity contribution in [2.45, 2.75) is 33.6 Å². The van der Waals surface area contributed by atoms with Crippen molar-refractivity contribution < 1.29 is 19.4 Å². The molecule has 24 heavy (non-hydrogen) atoms. The number of ether oxygens (including phenoxy) is 2. The van der Waals surface area contributed by atoms with Gasteiger partial charge in [0.05, 0.1) is 0 Å². The van der Waals surface area contributed by atoms with Gasteiger partial charge in [-0.05, 0) is 55.5 Å². The molecule has 2 rings (SSSR count). The summed E-state index contributed by atoms with van der Waals surface area (Å²) in [5.41, 5.74) is 4.37. The molecule has 0 amide bonds. The lowest BCUT2D eigenvalue weighted by atomic mass is 10.1. The van der Waals surface area contributed by atoms with Crippen molar-refractivity contribution in [2.24, 2.45) is 0 Å². The fourth-order valence-corrected chi connectivity index (χ4v) is 2.54. The Morgan fingerprint density at radius 3 is 2.38 bits per heavy atom. The second-order valence-corrected chi connectivity index (χ2v) is 5.85. The first-order chi connectivity index (χ1) is 11.5. The van der Waals surface area contributed by atoms with Gasteiger partial charge in [-0.25, -0.2) is 0 Å². The Kier molecular flexibility index (Phi) is 6.24. The average Bonchev–Trinajstić information content (AvgIpc) is 2.56. The maximum atomic E-state index is 10.7. The molecule has 128 valence electrons. The van der Waals surface area contributed by atoms with Crippen LogP contribution in [0.4, 0.5) is 0 Å². The van der Waals surface area contributed by atoms with Crippen molar-refractivity contribution >= 4 is 5.97 Å². The van der Waals surface area contributed by atoms with Gasteiger partial charge >= 0.3 is 5.97 Å². The number of hydrogen-bond donors (Lipinski definition) is 1. The maximum Gasteiger partial charge on any atom is 0.303 e. The molecule has 0 heterocycles. The van der Waals surface area contributed by atoms with E-state index < -0.39 is 5.97 Å². The van der Waals surface area contributed by atoms with E-state index in [0.29, 0.717) is 19.6 Å². The molecule has 0 aliphatic heterocycles. The Labute approximate surface area is 143 Å². The highest BCUT2D eigenvalue weighted by Gasteiger charge is 2.08. The van der Waals surface area contributed by atoms with Crippen molar-refractivity contribution in [1.82, 2.24) is 0 Å². The molecule has 2 aromatic carbocycles. The van der Waals surface area contributed by atoms with E-state index in [-0.39, 0.29) is 6.42 Å². The third kappa shape index (κ3) is 4.75. The van der Waals surface area contributed by atoms with Crippen LogP contribution in [0.2, 0.25) is 0 Å². The van der Waals surface area contributed by atoms with Crippen molar-refractivity contribution in [3.8, 4) is 11.5 Å². The number of carboxylic acids is 1. The second kappa shape index (κ2) is 8.39. The molecule has 1 N–H and O–H groups in total. The topological polar surface area (TPSA) is 55.8 Å². The zero-order valence-corrected chi connectivity index (χ0v) is 14.5. The summed E-state index contributed by atoms with van der Waals surface area (Å²) >= 11 is 0. The lowest BCUT2D eigenvalue weighted by Gasteiger charge is -2.15. The van der Waals surface area contributed by atoms with E-state index in [4.69, 9.17) is 14.6 Å². The number of hydrogen-bond acceptors (Lipinski definition) is 3. The van der Waals surface area contributed by atoms with Crippen LogP contribution < -0.4 is 9.47 Å². The number of carbonyl (C=O) groups is 1. The predicted molar refractivity (Wildman–Crippen MR) is 94.0 cm³/mol. The minimum Gasteiger partial charge on any atom is -0.490 e. The summed E-state index contributed by atoms with van der Waals surface area (Å²) in [6.07, 6.45) is 0.557. The molecule has 2 aromatic rings. The van der Waals surface area contributed by atoms with E-state index in [1.165, 1.54) is 5.56 Å². The van der Waals surface area contributed by atoms with Crippen LogP contribution in [0.3, 0.4) is 0 Å². The van der Waals surface area contributed by atoms with Gasteiger partial charge in [-0.15, -0.1) is 0 Å². The summed E-state index contributed by atoms with van der Waals surface area (Å²) in [5.74, 6) is 0.830. The van der Waals surface area contributed by atoms with Gasteiger partial charge in [0.15, 0.2) is 0 Å². The fourth-order valence-electron chi connectivity index (χ4n) is 2.54. The second-order valence-electron chi connectivity index (χ2n) is 5.85. The van der Waals surface area contributed by atoms with Crippen LogP contribution in [0.15, 0.2) is 36.4 Å². The molecular weight excluding hydrogens is 304 g/mol. The monoisotopic (exact) mass is 328 g/mol. The average molecular weight is 328 g/mol. The summed E-state index contributed by atoms with van der Waals surface area (Å²) < 4.78 is 11.7. The SMILES string of the molecule is Cc1ccc(C)c(OCCOc2ccccc2CCC(=O)O)c1C. The van der Waals surface area contributed by atoms with E-state index in [1.807, 2.05) is 31.2 Å². The van der Waals surface area contributed by atoms with Gasteiger partial charge in [0.1, 0.15) is 24.7 Å². The number of benzene rings is 2. The Morgan fingerprint density at radius 1 is 0.958 bits per heavy atom. The van der Waals surface area contributed by atoms with E-state index in [2.05, 4.69) is 26.0 Å². The summed E-state index contributed by atoms with van der Waals surface area (Å²) in [6.45, 7) is 7.01. The molecule has 0 bridgehead atoms. The molecule has 0 unspecified atom stereocenters. The van der Waals surface area contributed by atoms with Gasteiger partial charge in [0, 0.05) is 6.42 Å². The van der Waals surface area contributed by atoms with Gasteiger partial charge in [-0.1, -0.05) is 30.3 Å². The number of carboxylic acid groups (broad SMARTS) is 1. The first-order valence-corrected chi connectivity index (χ1v) is 8.11. The van der Waals surface area contributed by atoms with E-state index in [9.17, 15) is 4.79 Å². The Bertz CT molecular complexity index is 707. The van der Waals surface area contributed by atoms with Crippen LogP contribution >= 0.6 is 0 Å². The molecule has 0 saturated carbocycles. The van der Waals surface area contributed by atoms with E-state index >= 15 is 0 Å². The first kappa shape index (κ1) is 17.9. The molecule has 0 atom stereocenters. The van der Waals surface area contributed by atoms with Crippen LogP contribution in [-0.2, 0) is 11.2 Å². The zero-order valence-electron chi connectivity index (χ0n) is 14.5. The van der Waals surface area contributed by atoms with Crippen LogP contribution in [0.25, 0.3) is 0 Å². The maximum absolute atomic E-state index is 10.7. The third-order valence-corrected chi connectivity index (χ3v) is 4.04. The standard InChI is InChI=1S/C20H24O4/c1-14-8-9-15(2)20(16(14)3)24-13-12-23-18-7-5-4-6-17(18)10-11-19(21)22/h4-9H,10-13H2,1-3H3,(H,21,22). The summed E-state index contributed by atoms with van der Waals surface area (Å²) in [4.78, 5) is 10.7. The Balaban J connectivity index is 1.91. The highest BCUT2D eigenvalue weighted by atomic mass is 16.5. The number of aliphatic carboxylic acids is 1. The molecule has 0 saturated heterocycles. The molecule has 0 spiro atoms. The van der Waals surface area contributed by atoms with Crippen LogP contribution in [0.5, 0.6) is 11.5 Å². The summed E-state index contributed by atoms with van der Waals surface area (Å²) in [5, 5.41) is 8.82. The van der Waals surface area contributed by atoms with E-state index in [0.717, 1.165) is 28.2 Å². The summed E-state index contributed by atoms with van der Waals surface area (Å²) in [6, 6.07) is 11.7. The molecule has 0 aliphatic rings. The lowest BCUT2D eigenvalue weighted by Crippen LogP contribution is -2.11. The third-order valence-electron chi connectivity index (χ3n) is 4.04. The van der Waals surface area contributed by atoms with Crippen molar-refractivity contribution in [2.75, 3.05) is 13.2 Å². The Morgan fingerprint density at radius 2 is 1.62 bits per heavy atom. The van der Waals surface area contributed by atoms with Crippen molar-refractivity contribution in [3.63, 3.8) is 0 Å². The van der Waals surface area contributed by atoms with Gasteiger partial charge in [-0.3, -0.25) is 4.79 Å². The summed E-state index contributed by atoms with van der Waals surface area (Å²) in [7, 11) is 0. The van der Waals surface area contributed by atoms with Gasteiger partial charge in [-0.2, -0.15) is 0 Å².